The van der Waals surface area contributed by atoms with Gasteiger partial charge < -0.3 is 0 Å². The molecule has 0 atom stereocenters. The third-order valence-corrected chi connectivity index (χ3v) is 1.49. The molecule has 0 bridgehead atoms. The second-order valence-electron chi connectivity index (χ2n) is 3.60. The minimum absolute atomic E-state index is 0.147. The Morgan fingerprint density at radius 3 is 2.00 bits per heavy atom. The van der Waals surface area contributed by atoms with Gasteiger partial charge in [0.1, 0.15) is 5.82 Å². The predicted octanol–water partition coefficient (Wildman–Crippen LogP) is 1.25. The maximum atomic E-state index is 12.7. The molecule has 1 heterocycles. The molecule has 1 aromatic heterocycles. The zero-order valence-electron chi connectivity index (χ0n) is 7.22. The van der Waals surface area contributed by atoms with Gasteiger partial charge in [-0.25, -0.2) is 0 Å². The Morgan fingerprint density at radius 1 is 1.27 bits per heavy atom. The van der Waals surface area contributed by atoms with Crippen LogP contribution in [0.15, 0.2) is 0 Å². The first-order chi connectivity index (χ1) is 4.93. The molecular formula is C7H12FN3. The summed E-state index contributed by atoms with van der Waals surface area (Å²) in [6, 6.07) is 0. The van der Waals surface area contributed by atoms with Crippen LogP contribution < -0.4 is 0 Å². The Labute approximate surface area is 65.2 Å². The quantitative estimate of drug-likeness (QED) is 0.567. The standard InChI is InChI=1S/C7H12FN3/c1-7(2,3)5-9-10-6(8)11(5)4/h1-4H3. The molecule has 0 saturated heterocycles. The lowest BCUT2D eigenvalue weighted by molar-refractivity contribution is 0.463. The zero-order valence-corrected chi connectivity index (χ0v) is 7.22. The van der Waals surface area contributed by atoms with Crippen LogP contribution in [0.3, 0.4) is 0 Å². The lowest BCUT2D eigenvalue weighted by Crippen LogP contribution is -2.17. The number of aromatic nitrogens is 3. The molecule has 0 fully saturated rings. The topological polar surface area (TPSA) is 30.7 Å². The Balaban J connectivity index is 3.15. The average Bonchev–Trinajstić information content (AvgIpc) is 2.11. The summed E-state index contributed by atoms with van der Waals surface area (Å²) in [4.78, 5) is 0. The molecule has 1 aromatic rings. The minimum atomic E-state index is -0.532. The van der Waals surface area contributed by atoms with E-state index in [1.807, 2.05) is 20.8 Å². The van der Waals surface area contributed by atoms with Gasteiger partial charge in [-0.15, -0.1) is 5.10 Å². The molecular weight excluding hydrogens is 145 g/mol. The molecule has 0 aliphatic heterocycles. The van der Waals surface area contributed by atoms with Crippen LogP contribution in [0.1, 0.15) is 26.6 Å². The van der Waals surface area contributed by atoms with Gasteiger partial charge in [-0.3, -0.25) is 4.57 Å². The van der Waals surface area contributed by atoms with Crippen LogP contribution in [0.4, 0.5) is 4.39 Å². The molecule has 1 rings (SSSR count). The van der Waals surface area contributed by atoms with Gasteiger partial charge in [0, 0.05) is 12.5 Å². The first kappa shape index (κ1) is 8.17. The van der Waals surface area contributed by atoms with Gasteiger partial charge in [0.2, 0.25) is 0 Å². The van der Waals surface area contributed by atoms with Crippen LogP contribution in [0, 0.1) is 6.08 Å². The molecule has 0 N–H and O–H groups in total. The molecule has 4 heteroatoms. The van der Waals surface area contributed by atoms with E-state index in [1.54, 1.807) is 7.05 Å². The molecule has 0 unspecified atom stereocenters. The van der Waals surface area contributed by atoms with Gasteiger partial charge in [0.25, 0.3) is 0 Å². The van der Waals surface area contributed by atoms with E-state index in [0.717, 1.165) is 0 Å². The monoisotopic (exact) mass is 157 g/mol. The smallest absolute Gasteiger partial charge is 0.290 e. The summed E-state index contributed by atoms with van der Waals surface area (Å²) < 4.78 is 14.0. The average molecular weight is 157 g/mol. The maximum absolute atomic E-state index is 12.7. The van der Waals surface area contributed by atoms with Crippen molar-refractivity contribution in [2.75, 3.05) is 0 Å². The molecule has 0 aromatic carbocycles. The first-order valence-electron chi connectivity index (χ1n) is 3.48. The second-order valence-corrected chi connectivity index (χ2v) is 3.60. The first-order valence-corrected chi connectivity index (χ1v) is 3.48. The molecule has 0 saturated carbocycles. The van der Waals surface area contributed by atoms with Gasteiger partial charge in [-0.05, 0) is 0 Å². The van der Waals surface area contributed by atoms with Crippen molar-refractivity contribution in [2.24, 2.45) is 7.05 Å². The zero-order chi connectivity index (χ0) is 8.65. The van der Waals surface area contributed by atoms with E-state index in [4.69, 9.17) is 0 Å². The second kappa shape index (κ2) is 2.29. The summed E-state index contributed by atoms with van der Waals surface area (Å²) in [5.74, 6) is 0.662. The largest absolute Gasteiger partial charge is 0.309 e. The maximum Gasteiger partial charge on any atom is 0.309 e. The SMILES string of the molecule is Cn1c(F)nnc1C(C)(C)C. The van der Waals surface area contributed by atoms with E-state index in [9.17, 15) is 4.39 Å². The van der Waals surface area contributed by atoms with Crippen LogP contribution in [-0.2, 0) is 12.5 Å². The molecule has 0 radical (unpaired) electrons. The van der Waals surface area contributed by atoms with Crippen molar-refractivity contribution < 1.29 is 4.39 Å². The number of hydrogen-bond acceptors (Lipinski definition) is 2. The van der Waals surface area contributed by atoms with Crippen LogP contribution in [-0.4, -0.2) is 14.8 Å². The van der Waals surface area contributed by atoms with Crippen molar-refractivity contribution in [1.29, 1.82) is 0 Å². The number of hydrogen-bond donors (Lipinski definition) is 0. The Hall–Kier alpha value is -0.930. The van der Waals surface area contributed by atoms with Crippen molar-refractivity contribution in [3.05, 3.63) is 11.9 Å². The van der Waals surface area contributed by atoms with Crippen LogP contribution in [0.25, 0.3) is 0 Å². The fourth-order valence-electron chi connectivity index (χ4n) is 0.963. The number of halogens is 1. The molecule has 0 aliphatic rings. The van der Waals surface area contributed by atoms with E-state index < -0.39 is 6.08 Å². The van der Waals surface area contributed by atoms with Crippen LogP contribution in [0.2, 0.25) is 0 Å². The molecule has 62 valence electrons. The summed E-state index contributed by atoms with van der Waals surface area (Å²) >= 11 is 0. The van der Waals surface area contributed by atoms with Gasteiger partial charge in [-0.2, -0.15) is 4.39 Å². The lowest BCUT2D eigenvalue weighted by atomic mass is 9.96. The summed E-state index contributed by atoms with van der Waals surface area (Å²) in [5, 5.41) is 7.05. The third kappa shape index (κ3) is 1.39. The van der Waals surface area contributed by atoms with Crippen LogP contribution in [0.5, 0.6) is 0 Å². The van der Waals surface area contributed by atoms with Gasteiger partial charge in [0.15, 0.2) is 0 Å². The van der Waals surface area contributed by atoms with Crippen molar-refractivity contribution >= 4 is 0 Å². The van der Waals surface area contributed by atoms with Crippen molar-refractivity contribution in [2.45, 2.75) is 26.2 Å². The summed E-state index contributed by atoms with van der Waals surface area (Å²) in [6.07, 6.45) is -0.532. The fourth-order valence-corrected chi connectivity index (χ4v) is 0.963. The van der Waals surface area contributed by atoms with Crippen LogP contribution >= 0.6 is 0 Å². The fraction of sp³-hybridized carbons (Fsp3) is 0.714. The van der Waals surface area contributed by atoms with Gasteiger partial charge in [-0.1, -0.05) is 25.9 Å². The normalized spacial score (nSPS) is 12.1. The number of nitrogens with zero attached hydrogens (tertiary/aromatic N) is 3. The molecule has 0 amide bonds. The highest BCUT2D eigenvalue weighted by Gasteiger charge is 2.21. The van der Waals surface area contributed by atoms with E-state index in [0.29, 0.717) is 5.82 Å². The molecule has 0 aliphatic carbocycles. The van der Waals surface area contributed by atoms with Crippen molar-refractivity contribution in [3.63, 3.8) is 0 Å². The minimum Gasteiger partial charge on any atom is -0.290 e. The number of rotatable bonds is 0. The van der Waals surface area contributed by atoms with E-state index in [1.165, 1.54) is 4.57 Å². The summed E-state index contributed by atoms with van der Waals surface area (Å²) in [7, 11) is 1.62. The third-order valence-electron chi connectivity index (χ3n) is 1.49. The van der Waals surface area contributed by atoms with Crippen molar-refractivity contribution in [1.82, 2.24) is 14.8 Å². The molecule has 11 heavy (non-hydrogen) atoms. The van der Waals surface area contributed by atoms with E-state index in [2.05, 4.69) is 10.2 Å². The highest BCUT2D eigenvalue weighted by atomic mass is 19.1. The Bertz CT molecular complexity index is 259. The molecule has 3 nitrogen and oxygen atoms in total. The summed E-state index contributed by atoms with van der Waals surface area (Å²) in [5.41, 5.74) is -0.147. The summed E-state index contributed by atoms with van der Waals surface area (Å²) in [6.45, 7) is 5.91. The van der Waals surface area contributed by atoms with Gasteiger partial charge >= 0.3 is 6.08 Å². The predicted molar refractivity (Wildman–Crippen MR) is 39.7 cm³/mol. The van der Waals surface area contributed by atoms with E-state index >= 15 is 0 Å². The lowest BCUT2D eigenvalue weighted by Gasteiger charge is -2.15. The highest BCUT2D eigenvalue weighted by molar-refractivity contribution is 5.00. The highest BCUT2D eigenvalue weighted by Crippen LogP contribution is 2.18. The Kier molecular flexibility index (Phi) is 1.70. The Morgan fingerprint density at radius 2 is 1.82 bits per heavy atom. The van der Waals surface area contributed by atoms with E-state index in [-0.39, 0.29) is 5.41 Å². The van der Waals surface area contributed by atoms with Crippen molar-refractivity contribution in [3.8, 4) is 0 Å². The van der Waals surface area contributed by atoms with Gasteiger partial charge in [0.05, 0.1) is 0 Å². The molecule has 0 spiro atoms.